The molecule has 2 amide bonds. The van der Waals surface area contributed by atoms with Gasteiger partial charge in [0.25, 0.3) is 5.91 Å². The SMILES string of the molecule is O=C(Nc1cccc(I)c1)C(=O)C1C(=O)Nc2ccccc21. The number of halogens is 1. The zero-order valence-electron chi connectivity index (χ0n) is 11.3. The van der Waals surface area contributed by atoms with Crippen LogP contribution in [0.1, 0.15) is 11.5 Å². The quantitative estimate of drug-likeness (QED) is 0.468. The van der Waals surface area contributed by atoms with Crippen LogP contribution in [0.2, 0.25) is 0 Å². The predicted octanol–water partition coefficient (Wildman–Crippen LogP) is 2.53. The number of fused-ring (bicyclic) bond motifs is 1. The first-order valence-corrected chi connectivity index (χ1v) is 7.64. The summed E-state index contributed by atoms with van der Waals surface area (Å²) in [6.07, 6.45) is 0. The van der Waals surface area contributed by atoms with Gasteiger partial charge in [-0.1, -0.05) is 24.3 Å². The number of benzene rings is 2. The van der Waals surface area contributed by atoms with E-state index in [1.165, 1.54) is 0 Å². The Kier molecular flexibility index (Phi) is 3.93. The highest BCUT2D eigenvalue weighted by Gasteiger charge is 2.39. The maximum absolute atomic E-state index is 12.3. The lowest BCUT2D eigenvalue weighted by Gasteiger charge is -2.09. The second-order valence-electron chi connectivity index (χ2n) is 4.84. The van der Waals surface area contributed by atoms with E-state index in [9.17, 15) is 14.4 Å². The Balaban J connectivity index is 1.82. The molecular formula is C16H11IN2O3. The number of rotatable bonds is 3. The number of Topliss-reactive ketones (excluding diaryl/α,β-unsaturated/α-hetero) is 1. The Bertz CT molecular complexity index is 788. The highest BCUT2D eigenvalue weighted by molar-refractivity contribution is 14.1. The van der Waals surface area contributed by atoms with E-state index < -0.39 is 23.5 Å². The molecule has 22 heavy (non-hydrogen) atoms. The van der Waals surface area contributed by atoms with Crippen molar-refractivity contribution in [1.29, 1.82) is 0 Å². The van der Waals surface area contributed by atoms with E-state index in [0.717, 1.165) is 3.57 Å². The van der Waals surface area contributed by atoms with Gasteiger partial charge in [0.15, 0.2) is 0 Å². The summed E-state index contributed by atoms with van der Waals surface area (Å²) in [5, 5.41) is 5.15. The van der Waals surface area contributed by atoms with Crippen molar-refractivity contribution >= 4 is 51.6 Å². The number of ketones is 1. The van der Waals surface area contributed by atoms with Crippen LogP contribution in [-0.4, -0.2) is 17.6 Å². The first kappa shape index (κ1) is 14.7. The van der Waals surface area contributed by atoms with Gasteiger partial charge in [0.1, 0.15) is 5.92 Å². The van der Waals surface area contributed by atoms with Crippen LogP contribution in [0, 0.1) is 3.57 Å². The first-order chi connectivity index (χ1) is 10.6. The van der Waals surface area contributed by atoms with Crippen molar-refractivity contribution in [3.63, 3.8) is 0 Å². The zero-order valence-corrected chi connectivity index (χ0v) is 13.5. The second kappa shape index (κ2) is 5.88. The molecule has 2 aromatic carbocycles. The number of hydrogen-bond donors (Lipinski definition) is 2. The van der Waals surface area contributed by atoms with Crippen molar-refractivity contribution in [2.24, 2.45) is 0 Å². The lowest BCUT2D eigenvalue weighted by Crippen LogP contribution is -2.31. The Hall–Kier alpha value is -2.22. The molecule has 0 aliphatic carbocycles. The maximum Gasteiger partial charge on any atom is 0.292 e. The average molecular weight is 406 g/mol. The molecule has 2 N–H and O–H groups in total. The largest absolute Gasteiger partial charge is 0.325 e. The van der Waals surface area contributed by atoms with Crippen LogP contribution < -0.4 is 10.6 Å². The second-order valence-corrected chi connectivity index (χ2v) is 6.08. The molecular weight excluding hydrogens is 395 g/mol. The number of carbonyl (C=O) groups is 3. The molecule has 0 aromatic heterocycles. The molecule has 0 fully saturated rings. The molecule has 0 spiro atoms. The molecule has 0 saturated heterocycles. The topological polar surface area (TPSA) is 75.3 Å². The number of amides is 2. The fourth-order valence-electron chi connectivity index (χ4n) is 2.36. The summed E-state index contributed by atoms with van der Waals surface area (Å²) < 4.78 is 0.937. The molecule has 1 aliphatic heterocycles. The Morgan fingerprint density at radius 1 is 1.09 bits per heavy atom. The molecule has 1 unspecified atom stereocenters. The van der Waals surface area contributed by atoms with Crippen LogP contribution in [-0.2, 0) is 14.4 Å². The van der Waals surface area contributed by atoms with Crippen LogP contribution in [0.4, 0.5) is 11.4 Å². The van der Waals surface area contributed by atoms with Crippen LogP contribution in [0.3, 0.4) is 0 Å². The van der Waals surface area contributed by atoms with Crippen molar-refractivity contribution in [2.75, 3.05) is 10.6 Å². The van der Waals surface area contributed by atoms with Crippen LogP contribution >= 0.6 is 22.6 Å². The van der Waals surface area contributed by atoms with E-state index in [0.29, 0.717) is 16.9 Å². The van der Waals surface area contributed by atoms with Crippen LogP contribution in [0.5, 0.6) is 0 Å². The predicted molar refractivity (Wildman–Crippen MR) is 90.6 cm³/mol. The number of carbonyl (C=O) groups excluding carboxylic acids is 3. The highest BCUT2D eigenvalue weighted by Crippen LogP contribution is 2.32. The molecule has 3 rings (SSSR count). The van der Waals surface area contributed by atoms with Gasteiger partial charge in [-0.15, -0.1) is 0 Å². The molecule has 0 bridgehead atoms. The molecule has 5 nitrogen and oxygen atoms in total. The molecule has 0 saturated carbocycles. The van der Waals surface area contributed by atoms with Crippen molar-refractivity contribution < 1.29 is 14.4 Å². The summed E-state index contributed by atoms with van der Waals surface area (Å²) in [5.41, 5.74) is 1.64. The average Bonchev–Trinajstić information content (AvgIpc) is 2.82. The third-order valence-electron chi connectivity index (χ3n) is 3.36. The third-order valence-corrected chi connectivity index (χ3v) is 4.03. The third kappa shape index (κ3) is 2.74. The molecule has 2 aromatic rings. The summed E-state index contributed by atoms with van der Waals surface area (Å²) >= 11 is 2.11. The summed E-state index contributed by atoms with van der Waals surface area (Å²) in [6, 6.07) is 14.0. The Morgan fingerprint density at radius 3 is 2.64 bits per heavy atom. The molecule has 6 heteroatoms. The fourth-order valence-corrected chi connectivity index (χ4v) is 2.90. The smallest absolute Gasteiger partial charge is 0.292 e. The lowest BCUT2D eigenvalue weighted by molar-refractivity contribution is -0.138. The summed E-state index contributed by atoms with van der Waals surface area (Å²) in [4.78, 5) is 36.4. The highest BCUT2D eigenvalue weighted by atomic mass is 127. The van der Waals surface area contributed by atoms with E-state index in [-0.39, 0.29) is 0 Å². The Morgan fingerprint density at radius 2 is 1.86 bits per heavy atom. The van der Waals surface area contributed by atoms with E-state index in [1.54, 1.807) is 42.5 Å². The van der Waals surface area contributed by atoms with Crippen molar-refractivity contribution in [2.45, 2.75) is 5.92 Å². The van der Waals surface area contributed by atoms with Gasteiger partial charge in [-0.05, 0) is 52.4 Å². The molecule has 1 heterocycles. The minimum Gasteiger partial charge on any atom is -0.325 e. The number of anilines is 2. The maximum atomic E-state index is 12.3. The van der Waals surface area contributed by atoms with E-state index >= 15 is 0 Å². The summed E-state index contributed by atoms with van der Waals surface area (Å²) in [6.45, 7) is 0. The molecule has 0 radical (unpaired) electrons. The van der Waals surface area contributed by atoms with Crippen molar-refractivity contribution in [3.8, 4) is 0 Å². The zero-order chi connectivity index (χ0) is 15.7. The van der Waals surface area contributed by atoms with Gasteiger partial charge in [0.05, 0.1) is 0 Å². The number of nitrogens with one attached hydrogen (secondary N) is 2. The normalized spacial score (nSPS) is 15.9. The summed E-state index contributed by atoms with van der Waals surface area (Å²) in [7, 11) is 0. The van der Waals surface area contributed by atoms with E-state index in [4.69, 9.17) is 0 Å². The monoisotopic (exact) mass is 406 g/mol. The number of para-hydroxylation sites is 1. The van der Waals surface area contributed by atoms with Gasteiger partial charge in [-0.25, -0.2) is 0 Å². The van der Waals surface area contributed by atoms with E-state index in [1.807, 2.05) is 6.07 Å². The van der Waals surface area contributed by atoms with Gasteiger partial charge in [0.2, 0.25) is 11.7 Å². The van der Waals surface area contributed by atoms with Gasteiger partial charge in [-0.2, -0.15) is 0 Å². The number of hydrogen-bond acceptors (Lipinski definition) is 3. The minimum absolute atomic E-state index is 0.469. The lowest BCUT2D eigenvalue weighted by atomic mass is 9.95. The van der Waals surface area contributed by atoms with Crippen LogP contribution in [0.15, 0.2) is 48.5 Å². The van der Waals surface area contributed by atoms with E-state index in [2.05, 4.69) is 33.2 Å². The minimum atomic E-state index is -1.08. The van der Waals surface area contributed by atoms with Gasteiger partial charge >= 0.3 is 0 Å². The Labute approximate surface area is 140 Å². The molecule has 1 aliphatic rings. The fraction of sp³-hybridized carbons (Fsp3) is 0.0625. The van der Waals surface area contributed by atoms with Gasteiger partial charge in [0, 0.05) is 14.9 Å². The van der Waals surface area contributed by atoms with Crippen LogP contribution in [0.25, 0.3) is 0 Å². The molecule has 110 valence electrons. The van der Waals surface area contributed by atoms with Gasteiger partial charge in [-0.3, -0.25) is 14.4 Å². The summed E-state index contributed by atoms with van der Waals surface area (Å²) in [5.74, 6) is -3.11. The first-order valence-electron chi connectivity index (χ1n) is 6.57. The van der Waals surface area contributed by atoms with Crippen molar-refractivity contribution in [3.05, 3.63) is 57.7 Å². The van der Waals surface area contributed by atoms with Gasteiger partial charge < -0.3 is 10.6 Å². The standard InChI is InChI=1S/C16H11IN2O3/c17-9-4-3-5-10(8-9)18-16(22)14(20)13-11-6-1-2-7-12(11)19-15(13)21/h1-8,13H,(H,18,22)(H,19,21). The molecule has 1 atom stereocenters. The van der Waals surface area contributed by atoms with Crippen molar-refractivity contribution in [1.82, 2.24) is 0 Å².